The van der Waals surface area contributed by atoms with Gasteiger partial charge in [0.15, 0.2) is 0 Å². The van der Waals surface area contributed by atoms with Crippen LogP contribution in [0.3, 0.4) is 0 Å². The Bertz CT molecular complexity index is 1360. The molecule has 6 heteroatoms. The second-order valence-corrected chi connectivity index (χ2v) is 8.88. The molecule has 0 bridgehead atoms. The van der Waals surface area contributed by atoms with Crippen LogP contribution in [0, 0.1) is 0 Å². The Balaban J connectivity index is 1.36. The van der Waals surface area contributed by atoms with Gasteiger partial charge < -0.3 is 14.6 Å². The topological polar surface area (TPSA) is 75.4 Å². The van der Waals surface area contributed by atoms with Crippen molar-refractivity contribution in [2.45, 2.75) is 31.5 Å². The zero-order valence-electron chi connectivity index (χ0n) is 18.5. The number of nitrogens with zero attached hydrogens (tertiary/aromatic N) is 3. The van der Waals surface area contributed by atoms with E-state index in [2.05, 4.69) is 4.98 Å². The first-order valence-corrected chi connectivity index (χ1v) is 11.4. The molecule has 1 aromatic heterocycles. The van der Waals surface area contributed by atoms with E-state index in [0.717, 1.165) is 39.2 Å². The van der Waals surface area contributed by atoms with Crippen LogP contribution >= 0.6 is 0 Å². The van der Waals surface area contributed by atoms with Crippen molar-refractivity contribution >= 4 is 11.9 Å². The third kappa shape index (κ3) is 3.22. The van der Waals surface area contributed by atoms with E-state index < -0.39 is 17.9 Å². The maximum Gasteiger partial charge on any atom is 0.326 e. The third-order valence-electron chi connectivity index (χ3n) is 6.96. The highest BCUT2D eigenvalue weighted by Gasteiger charge is 2.42. The number of aromatic nitrogens is 2. The molecule has 0 saturated carbocycles. The number of hydrogen-bond acceptors (Lipinski definition) is 3. The molecule has 34 heavy (non-hydrogen) atoms. The predicted molar refractivity (Wildman–Crippen MR) is 127 cm³/mol. The molecular formula is C28H23N3O3. The first kappa shape index (κ1) is 20.4. The first-order valence-electron chi connectivity index (χ1n) is 11.4. The highest BCUT2D eigenvalue weighted by molar-refractivity contribution is 5.98. The molecule has 0 radical (unpaired) electrons. The molecule has 168 valence electrons. The van der Waals surface area contributed by atoms with Gasteiger partial charge >= 0.3 is 5.97 Å². The van der Waals surface area contributed by atoms with Crippen LogP contribution in [0.1, 0.15) is 34.0 Å². The number of carbonyl (C=O) groups is 2. The molecule has 0 spiro atoms. The van der Waals surface area contributed by atoms with Gasteiger partial charge in [-0.25, -0.2) is 9.78 Å². The molecule has 0 fully saturated rings. The van der Waals surface area contributed by atoms with Crippen molar-refractivity contribution in [3.8, 4) is 11.1 Å². The van der Waals surface area contributed by atoms with Gasteiger partial charge in [-0.2, -0.15) is 0 Å². The quantitative estimate of drug-likeness (QED) is 0.509. The molecule has 1 atom stereocenters. The van der Waals surface area contributed by atoms with E-state index in [1.807, 2.05) is 83.4 Å². The van der Waals surface area contributed by atoms with Crippen LogP contribution in [0.2, 0.25) is 0 Å². The van der Waals surface area contributed by atoms with Crippen molar-refractivity contribution in [2.24, 2.45) is 0 Å². The summed E-state index contributed by atoms with van der Waals surface area (Å²) in [6.07, 6.45) is 1.99. The first-order chi connectivity index (χ1) is 16.6. The highest BCUT2D eigenvalue weighted by atomic mass is 16.4. The second kappa shape index (κ2) is 7.99. The minimum Gasteiger partial charge on any atom is -0.480 e. The fraction of sp³-hybridized carbons (Fsp3) is 0.179. The SMILES string of the molecule is O=C(O)C1Cc2c(ncn2Cc2ccccc2)CN1C(=O)C1c2ccccc2-c2ccccc21. The van der Waals surface area contributed by atoms with Crippen molar-refractivity contribution in [1.82, 2.24) is 14.5 Å². The summed E-state index contributed by atoms with van der Waals surface area (Å²) in [7, 11) is 0. The number of carboxylic acid groups (broad SMARTS) is 1. The van der Waals surface area contributed by atoms with E-state index >= 15 is 0 Å². The Morgan fingerprint density at radius 1 is 0.882 bits per heavy atom. The average Bonchev–Trinajstić information content (AvgIpc) is 3.42. The normalized spacial score (nSPS) is 16.6. The largest absolute Gasteiger partial charge is 0.480 e. The Kier molecular flexibility index (Phi) is 4.80. The van der Waals surface area contributed by atoms with Crippen LogP contribution in [-0.2, 0) is 29.1 Å². The fourth-order valence-electron chi connectivity index (χ4n) is 5.34. The van der Waals surface area contributed by atoms with Crippen LogP contribution in [0.25, 0.3) is 11.1 Å². The standard InChI is InChI=1S/C28H23N3O3/c32-27(26-21-12-6-4-10-19(21)20-11-5-7-13-22(20)26)31-16-23-24(14-25(31)28(33)34)30(17-29-23)15-18-8-2-1-3-9-18/h1-13,17,25-26H,14-16H2,(H,33,34). The smallest absolute Gasteiger partial charge is 0.326 e. The van der Waals surface area contributed by atoms with Crippen LogP contribution in [0.5, 0.6) is 0 Å². The summed E-state index contributed by atoms with van der Waals surface area (Å²) in [5, 5.41) is 10.1. The van der Waals surface area contributed by atoms with Gasteiger partial charge in [0.1, 0.15) is 6.04 Å². The molecule has 1 unspecified atom stereocenters. The molecule has 2 aliphatic rings. The summed E-state index contributed by atoms with van der Waals surface area (Å²) < 4.78 is 2.00. The lowest BCUT2D eigenvalue weighted by atomic mass is 9.92. The lowest BCUT2D eigenvalue weighted by Gasteiger charge is -2.35. The fourth-order valence-corrected chi connectivity index (χ4v) is 5.34. The van der Waals surface area contributed by atoms with E-state index in [9.17, 15) is 14.7 Å². The summed E-state index contributed by atoms with van der Waals surface area (Å²) in [6, 6.07) is 24.8. The minimum atomic E-state index is -0.994. The van der Waals surface area contributed by atoms with Gasteiger partial charge in [0.05, 0.1) is 24.5 Å². The zero-order valence-corrected chi connectivity index (χ0v) is 18.5. The molecule has 6 rings (SSSR count). The van der Waals surface area contributed by atoms with Crippen molar-refractivity contribution in [2.75, 3.05) is 0 Å². The number of hydrogen-bond donors (Lipinski definition) is 1. The summed E-state index contributed by atoms with van der Waals surface area (Å²) in [6.45, 7) is 0.806. The van der Waals surface area contributed by atoms with E-state index in [1.165, 1.54) is 4.90 Å². The van der Waals surface area contributed by atoms with Crippen molar-refractivity contribution in [3.63, 3.8) is 0 Å². The molecule has 0 saturated heterocycles. The maximum atomic E-state index is 14.0. The van der Waals surface area contributed by atoms with Gasteiger partial charge in [0.2, 0.25) is 5.91 Å². The maximum absolute atomic E-state index is 14.0. The number of fused-ring (bicyclic) bond motifs is 4. The number of aliphatic carboxylic acids is 1. The highest BCUT2D eigenvalue weighted by Crippen LogP contribution is 2.46. The molecule has 2 heterocycles. The molecule has 1 N–H and O–H groups in total. The van der Waals surface area contributed by atoms with Crippen molar-refractivity contribution in [3.05, 3.63) is 113 Å². The average molecular weight is 450 g/mol. The van der Waals surface area contributed by atoms with E-state index in [0.29, 0.717) is 6.54 Å². The van der Waals surface area contributed by atoms with Gasteiger partial charge in [0, 0.05) is 18.7 Å². The number of rotatable bonds is 4. The van der Waals surface area contributed by atoms with Gasteiger partial charge in [-0.1, -0.05) is 78.9 Å². The minimum absolute atomic E-state index is 0.187. The number of imidazole rings is 1. The van der Waals surface area contributed by atoms with Crippen LogP contribution in [-0.4, -0.2) is 37.5 Å². The van der Waals surface area contributed by atoms with Gasteiger partial charge in [0.25, 0.3) is 0 Å². The van der Waals surface area contributed by atoms with Gasteiger partial charge in [-0.15, -0.1) is 0 Å². The Morgan fingerprint density at radius 3 is 2.15 bits per heavy atom. The predicted octanol–water partition coefficient (Wildman–Crippen LogP) is 4.08. The molecule has 3 aromatic carbocycles. The number of benzene rings is 3. The lowest BCUT2D eigenvalue weighted by molar-refractivity contribution is -0.151. The van der Waals surface area contributed by atoms with Crippen LogP contribution in [0.15, 0.2) is 85.2 Å². The second-order valence-electron chi connectivity index (χ2n) is 8.88. The number of amides is 1. The zero-order chi connectivity index (χ0) is 23.2. The third-order valence-corrected chi connectivity index (χ3v) is 6.96. The summed E-state index contributed by atoms with van der Waals surface area (Å²) in [5.74, 6) is -1.69. The van der Waals surface area contributed by atoms with Gasteiger partial charge in [-0.05, 0) is 27.8 Å². The van der Waals surface area contributed by atoms with Crippen molar-refractivity contribution in [1.29, 1.82) is 0 Å². The number of carbonyl (C=O) groups excluding carboxylic acids is 1. The van der Waals surface area contributed by atoms with Crippen LogP contribution < -0.4 is 0 Å². The van der Waals surface area contributed by atoms with E-state index in [-0.39, 0.29) is 18.9 Å². The molecule has 1 amide bonds. The van der Waals surface area contributed by atoms with E-state index in [4.69, 9.17) is 0 Å². The molecule has 1 aliphatic carbocycles. The Morgan fingerprint density at radius 2 is 1.50 bits per heavy atom. The van der Waals surface area contributed by atoms with Crippen LogP contribution in [0.4, 0.5) is 0 Å². The van der Waals surface area contributed by atoms with Gasteiger partial charge in [-0.3, -0.25) is 4.79 Å². The Hall–Kier alpha value is -4.19. The molecule has 6 nitrogen and oxygen atoms in total. The molecular weight excluding hydrogens is 426 g/mol. The summed E-state index contributed by atoms with van der Waals surface area (Å²) in [4.78, 5) is 32.4. The Labute approximate surface area is 197 Å². The summed E-state index contributed by atoms with van der Waals surface area (Å²) >= 11 is 0. The number of carboxylic acids is 1. The molecule has 1 aliphatic heterocycles. The monoisotopic (exact) mass is 449 g/mol. The van der Waals surface area contributed by atoms with Crippen molar-refractivity contribution < 1.29 is 14.7 Å². The summed E-state index contributed by atoms with van der Waals surface area (Å²) in [5.41, 5.74) is 6.69. The molecule has 4 aromatic rings. The lowest BCUT2D eigenvalue weighted by Crippen LogP contribution is -2.50. The van der Waals surface area contributed by atoms with E-state index in [1.54, 1.807) is 6.33 Å².